The van der Waals surface area contributed by atoms with Gasteiger partial charge in [-0.25, -0.2) is 8.42 Å². The van der Waals surface area contributed by atoms with Crippen molar-refractivity contribution in [3.05, 3.63) is 0 Å². The average molecular weight is 304 g/mol. The molecule has 0 spiro atoms. The molecule has 20 heavy (non-hydrogen) atoms. The number of carbonyl (C=O) groups is 1. The summed E-state index contributed by atoms with van der Waals surface area (Å²) in [6, 6.07) is 0.0726. The summed E-state index contributed by atoms with van der Waals surface area (Å²) in [5.74, 6) is 0.210. The second kappa shape index (κ2) is 6.87. The van der Waals surface area contributed by atoms with E-state index in [-0.39, 0.29) is 23.5 Å². The predicted molar refractivity (Wildman–Crippen MR) is 76.3 cm³/mol. The minimum absolute atomic E-state index is 0.186. The minimum Gasteiger partial charge on any atom is -0.465 e. The van der Waals surface area contributed by atoms with Crippen molar-refractivity contribution in [2.24, 2.45) is 0 Å². The van der Waals surface area contributed by atoms with Crippen molar-refractivity contribution in [1.82, 2.24) is 10.2 Å². The van der Waals surface area contributed by atoms with Crippen molar-refractivity contribution in [3.8, 4) is 0 Å². The first-order valence-corrected chi connectivity index (χ1v) is 9.18. The molecule has 7 heteroatoms. The van der Waals surface area contributed by atoms with Crippen molar-refractivity contribution >= 4 is 15.8 Å². The molecule has 6 nitrogen and oxygen atoms in total. The van der Waals surface area contributed by atoms with Crippen LogP contribution < -0.4 is 5.32 Å². The summed E-state index contributed by atoms with van der Waals surface area (Å²) in [4.78, 5) is 14.0. The van der Waals surface area contributed by atoms with Crippen LogP contribution in [0.15, 0.2) is 0 Å². The lowest BCUT2D eigenvalue weighted by Crippen LogP contribution is -2.48. The Bertz CT molecular complexity index is 434. The maximum atomic E-state index is 12.0. The molecular formula is C13H24N2O4S. The number of esters is 1. The van der Waals surface area contributed by atoms with Crippen molar-refractivity contribution in [2.45, 2.75) is 38.3 Å². The van der Waals surface area contributed by atoms with Gasteiger partial charge >= 0.3 is 5.97 Å². The van der Waals surface area contributed by atoms with Gasteiger partial charge in [0.25, 0.3) is 0 Å². The molecule has 2 aliphatic rings. The van der Waals surface area contributed by atoms with Crippen molar-refractivity contribution in [2.75, 3.05) is 37.7 Å². The topological polar surface area (TPSA) is 75.7 Å². The van der Waals surface area contributed by atoms with Gasteiger partial charge in [0.2, 0.25) is 0 Å². The molecule has 0 aromatic heterocycles. The molecule has 1 heterocycles. The lowest BCUT2D eigenvalue weighted by atomic mass is 10.2. The molecule has 1 atom stereocenters. The second-order valence-corrected chi connectivity index (χ2v) is 7.86. The summed E-state index contributed by atoms with van der Waals surface area (Å²) in [5.41, 5.74) is 0. The highest BCUT2D eigenvalue weighted by Gasteiger charge is 2.31. The number of carbonyl (C=O) groups excluding carboxylic acids is 1. The Kier molecular flexibility index (Phi) is 5.40. The van der Waals surface area contributed by atoms with Crippen LogP contribution in [0, 0.1) is 0 Å². The van der Waals surface area contributed by atoms with Crippen LogP contribution in [0.5, 0.6) is 0 Å². The summed E-state index contributed by atoms with van der Waals surface area (Å²) >= 11 is 0. The van der Waals surface area contributed by atoms with Gasteiger partial charge in [-0.15, -0.1) is 0 Å². The van der Waals surface area contributed by atoms with Crippen LogP contribution in [-0.4, -0.2) is 69.1 Å². The maximum absolute atomic E-state index is 12.0. The van der Waals surface area contributed by atoms with Gasteiger partial charge < -0.3 is 15.0 Å². The average Bonchev–Trinajstić information content (AvgIpc) is 3.19. The molecule has 0 aromatic carbocycles. The van der Waals surface area contributed by atoms with Crippen LogP contribution in [0.1, 0.15) is 26.2 Å². The van der Waals surface area contributed by atoms with Crippen molar-refractivity contribution in [3.63, 3.8) is 0 Å². The van der Waals surface area contributed by atoms with E-state index in [0.29, 0.717) is 32.2 Å². The minimum atomic E-state index is -2.91. The molecule has 116 valence electrons. The van der Waals surface area contributed by atoms with Crippen molar-refractivity contribution < 1.29 is 17.9 Å². The van der Waals surface area contributed by atoms with Crippen LogP contribution >= 0.6 is 0 Å². The number of nitrogens with zero attached hydrogens (tertiary/aromatic N) is 1. The van der Waals surface area contributed by atoms with E-state index in [9.17, 15) is 13.2 Å². The highest BCUT2D eigenvalue weighted by molar-refractivity contribution is 7.91. The molecule has 0 radical (unpaired) electrons. The van der Waals surface area contributed by atoms with Crippen LogP contribution in [0.2, 0.25) is 0 Å². The van der Waals surface area contributed by atoms with Crippen molar-refractivity contribution in [1.29, 1.82) is 0 Å². The molecule has 2 rings (SSSR count). The molecule has 0 bridgehead atoms. The molecule has 2 fully saturated rings. The zero-order chi connectivity index (χ0) is 14.6. The Hall–Kier alpha value is -0.660. The zero-order valence-electron chi connectivity index (χ0n) is 12.0. The predicted octanol–water partition coefficient (Wildman–Crippen LogP) is -0.209. The summed E-state index contributed by atoms with van der Waals surface area (Å²) in [6.45, 7) is 3.93. The highest BCUT2D eigenvalue weighted by atomic mass is 32.2. The fourth-order valence-electron chi connectivity index (χ4n) is 2.40. The van der Waals surface area contributed by atoms with Crippen LogP contribution in [0.3, 0.4) is 0 Å². The number of nitrogens with one attached hydrogen (secondary N) is 1. The van der Waals surface area contributed by atoms with Gasteiger partial charge in [-0.05, 0) is 32.7 Å². The largest absolute Gasteiger partial charge is 0.465 e. The second-order valence-electron chi connectivity index (χ2n) is 5.55. The van der Waals surface area contributed by atoms with E-state index < -0.39 is 9.84 Å². The monoisotopic (exact) mass is 304 g/mol. The van der Waals surface area contributed by atoms with E-state index in [4.69, 9.17) is 4.74 Å². The fraction of sp³-hybridized carbons (Fsp3) is 0.923. The smallest absolute Gasteiger partial charge is 0.324 e. The highest BCUT2D eigenvalue weighted by Crippen LogP contribution is 2.20. The van der Waals surface area contributed by atoms with Crippen LogP contribution in [0.25, 0.3) is 0 Å². The summed E-state index contributed by atoms with van der Waals surface area (Å²) in [5, 5.41) is 3.30. The first-order valence-electron chi connectivity index (χ1n) is 7.35. The zero-order valence-corrected chi connectivity index (χ0v) is 12.8. The van der Waals surface area contributed by atoms with E-state index in [2.05, 4.69) is 10.2 Å². The van der Waals surface area contributed by atoms with Crippen LogP contribution in [0.4, 0.5) is 0 Å². The SMILES string of the molecule is CCOC(=O)C(CN1CCCS(=O)(=O)CC1)NC1CC1. The first-order chi connectivity index (χ1) is 9.50. The molecule has 1 aliphatic heterocycles. The Balaban J connectivity index is 1.90. The first kappa shape index (κ1) is 15.7. The number of rotatable bonds is 6. The van der Waals surface area contributed by atoms with E-state index >= 15 is 0 Å². The van der Waals surface area contributed by atoms with E-state index in [1.807, 2.05) is 0 Å². The third kappa shape index (κ3) is 5.03. The van der Waals surface area contributed by atoms with Crippen LogP contribution in [-0.2, 0) is 19.4 Å². The Morgan fingerprint density at radius 3 is 2.75 bits per heavy atom. The molecule has 0 aromatic rings. The summed E-state index contributed by atoms with van der Waals surface area (Å²) in [6.07, 6.45) is 2.84. The van der Waals surface area contributed by atoms with E-state index in [1.165, 1.54) is 0 Å². The van der Waals surface area contributed by atoms with Gasteiger partial charge in [-0.2, -0.15) is 0 Å². The fourth-order valence-corrected chi connectivity index (χ4v) is 3.71. The van der Waals surface area contributed by atoms with Gasteiger partial charge in [0, 0.05) is 19.1 Å². The third-order valence-corrected chi connectivity index (χ3v) is 5.39. The molecule has 1 aliphatic carbocycles. The van der Waals surface area contributed by atoms with Gasteiger partial charge in [-0.1, -0.05) is 0 Å². The summed E-state index contributed by atoms with van der Waals surface area (Å²) in [7, 11) is -2.91. The Morgan fingerprint density at radius 2 is 2.10 bits per heavy atom. The number of hydrogen-bond donors (Lipinski definition) is 1. The number of ether oxygens (including phenoxy) is 1. The van der Waals surface area contributed by atoms with Gasteiger partial charge in [0.05, 0.1) is 18.1 Å². The molecular weight excluding hydrogens is 280 g/mol. The maximum Gasteiger partial charge on any atom is 0.324 e. The Labute approximate surface area is 120 Å². The van der Waals surface area contributed by atoms with E-state index in [0.717, 1.165) is 19.4 Å². The molecule has 1 N–H and O–H groups in total. The van der Waals surface area contributed by atoms with E-state index in [1.54, 1.807) is 6.92 Å². The Morgan fingerprint density at radius 1 is 1.35 bits per heavy atom. The third-order valence-electron chi connectivity index (χ3n) is 3.67. The van der Waals surface area contributed by atoms with Gasteiger partial charge in [-0.3, -0.25) is 4.79 Å². The van der Waals surface area contributed by atoms with Gasteiger partial charge in [0.1, 0.15) is 6.04 Å². The normalized spacial score (nSPS) is 24.9. The molecule has 0 amide bonds. The lowest BCUT2D eigenvalue weighted by Gasteiger charge is -2.25. The quantitative estimate of drug-likeness (QED) is 0.685. The van der Waals surface area contributed by atoms with Gasteiger partial charge in [0.15, 0.2) is 9.84 Å². The molecule has 1 saturated carbocycles. The number of sulfone groups is 1. The number of hydrogen-bond acceptors (Lipinski definition) is 6. The summed E-state index contributed by atoms with van der Waals surface area (Å²) < 4.78 is 28.3. The molecule has 1 unspecified atom stereocenters. The standard InChI is InChI=1S/C13H24N2O4S/c1-2-19-13(16)12(14-11-4-5-11)10-15-6-3-8-20(17,18)9-7-15/h11-12,14H,2-10H2,1H3. The molecule has 1 saturated heterocycles. The lowest BCUT2D eigenvalue weighted by molar-refractivity contribution is -0.146.